The van der Waals surface area contributed by atoms with Crippen molar-refractivity contribution < 1.29 is 14.4 Å². The zero-order valence-electron chi connectivity index (χ0n) is 15.7. The molecule has 1 N–H and O–H groups in total. The van der Waals surface area contributed by atoms with Crippen LogP contribution in [0.4, 0.5) is 0 Å². The number of thiol groups is 1. The molecule has 30 heavy (non-hydrogen) atoms. The predicted octanol–water partition coefficient (Wildman–Crippen LogP) is 4.04. The number of carbonyl (C=O) groups excluding carboxylic acids is 3. The van der Waals surface area contributed by atoms with Gasteiger partial charge in [0.05, 0.1) is 16.1 Å². The molecule has 6 nitrogen and oxygen atoms in total. The molecule has 0 unspecified atom stereocenters. The highest BCUT2D eigenvalue weighted by atomic mass is 79.9. The molecular weight excluding hydrogens is 490 g/mol. The molecule has 3 aromatic rings. The van der Waals surface area contributed by atoms with E-state index in [4.69, 9.17) is 11.6 Å². The van der Waals surface area contributed by atoms with Crippen LogP contribution in [0.3, 0.4) is 0 Å². The number of halogens is 2. The van der Waals surface area contributed by atoms with Crippen molar-refractivity contribution in [1.82, 2.24) is 14.8 Å². The van der Waals surface area contributed by atoms with Gasteiger partial charge in [-0.05, 0) is 30.3 Å². The van der Waals surface area contributed by atoms with Crippen molar-refractivity contribution in [2.75, 3.05) is 26.2 Å². The van der Waals surface area contributed by atoms with E-state index < -0.39 is 11.7 Å². The number of nitrogens with zero attached hydrogens (tertiary/aromatic N) is 2. The van der Waals surface area contributed by atoms with Crippen LogP contribution in [-0.2, 0) is 4.79 Å². The summed E-state index contributed by atoms with van der Waals surface area (Å²) in [6.45, 7) is 1.25. The van der Waals surface area contributed by atoms with E-state index in [1.165, 1.54) is 11.1 Å². The van der Waals surface area contributed by atoms with E-state index >= 15 is 0 Å². The van der Waals surface area contributed by atoms with Crippen LogP contribution in [0.1, 0.15) is 20.7 Å². The van der Waals surface area contributed by atoms with E-state index in [0.29, 0.717) is 39.5 Å². The van der Waals surface area contributed by atoms with E-state index in [0.717, 1.165) is 4.47 Å². The van der Waals surface area contributed by atoms with E-state index in [1.54, 1.807) is 41.3 Å². The monoisotopic (exact) mass is 505 g/mol. The Labute approximate surface area is 191 Å². The quantitative estimate of drug-likeness (QED) is 0.320. The van der Waals surface area contributed by atoms with Crippen LogP contribution in [0.2, 0.25) is 5.02 Å². The summed E-state index contributed by atoms with van der Waals surface area (Å²) in [5, 5.41) is 0.959. The Balaban J connectivity index is 1.45. The normalized spacial score (nSPS) is 14.2. The van der Waals surface area contributed by atoms with Crippen molar-refractivity contribution >= 4 is 68.7 Å². The van der Waals surface area contributed by atoms with Gasteiger partial charge in [0.2, 0.25) is 0 Å². The van der Waals surface area contributed by atoms with Crippen LogP contribution in [-0.4, -0.2) is 58.6 Å². The second-order valence-electron chi connectivity index (χ2n) is 6.94. The molecule has 1 aromatic heterocycles. The van der Waals surface area contributed by atoms with Gasteiger partial charge in [-0.2, -0.15) is 0 Å². The second-order valence-corrected chi connectivity index (χ2v) is 8.74. The summed E-state index contributed by atoms with van der Waals surface area (Å²) in [5.41, 5.74) is 1.46. The average molecular weight is 507 g/mol. The van der Waals surface area contributed by atoms with Crippen LogP contribution < -0.4 is 0 Å². The minimum absolute atomic E-state index is 0.144. The molecule has 0 saturated carbocycles. The lowest BCUT2D eigenvalue weighted by atomic mass is 10.1. The van der Waals surface area contributed by atoms with Crippen molar-refractivity contribution in [3.05, 3.63) is 63.2 Å². The SMILES string of the molecule is O=C(C(=O)N1CCN(C(=O)c2ccc(Br)cc2S)CC1)c1c[nH]c2cccc(Cl)c12. The van der Waals surface area contributed by atoms with Crippen molar-refractivity contribution in [3.63, 3.8) is 0 Å². The van der Waals surface area contributed by atoms with Gasteiger partial charge in [0.15, 0.2) is 0 Å². The summed E-state index contributed by atoms with van der Waals surface area (Å²) in [4.78, 5) is 45.1. The number of aromatic amines is 1. The highest BCUT2D eigenvalue weighted by molar-refractivity contribution is 9.10. The Morgan fingerprint density at radius 1 is 1.00 bits per heavy atom. The highest BCUT2D eigenvalue weighted by Gasteiger charge is 2.30. The lowest BCUT2D eigenvalue weighted by Crippen LogP contribution is -2.52. The third-order valence-corrected chi connectivity index (χ3v) is 6.32. The van der Waals surface area contributed by atoms with Gasteiger partial charge in [-0.25, -0.2) is 0 Å². The Kier molecular flexibility index (Phi) is 5.90. The minimum Gasteiger partial charge on any atom is -0.360 e. The molecule has 0 radical (unpaired) electrons. The molecule has 9 heteroatoms. The van der Waals surface area contributed by atoms with Crippen molar-refractivity contribution in [1.29, 1.82) is 0 Å². The van der Waals surface area contributed by atoms with Crippen LogP contribution in [0.25, 0.3) is 10.9 Å². The summed E-state index contributed by atoms with van der Waals surface area (Å²) in [6.07, 6.45) is 1.51. The number of Topliss-reactive ketones (excluding diaryl/α,β-unsaturated/α-hetero) is 1. The number of fused-ring (bicyclic) bond motifs is 1. The number of nitrogens with one attached hydrogen (secondary N) is 1. The number of carbonyl (C=O) groups is 3. The van der Waals surface area contributed by atoms with E-state index in [1.807, 2.05) is 0 Å². The Morgan fingerprint density at radius 3 is 2.40 bits per heavy atom. The molecule has 2 amide bonds. The summed E-state index contributed by atoms with van der Waals surface area (Å²) in [6, 6.07) is 10.5. The van der Waals surface area contributed by atoms with Crippen LogP contribution in [0, 0.1) is 0 Å². The Morgan fingerprint density at radius 2 is 1.70 bits per heavy atom. The lowest BCUT2D eigenvalue weighted by Gasteiger charge is -2.34. The first kappa shape index (κ1) is 21.0. The number of amides is 2. The largest absolute Gasteiger partial charge is 0.360 e. The van der Waals surface area contributed by atoms with Gasteiger partial charge in [0.1, 0.15) is 0 Å². The van der Waals surface area contributed by atoms with E-state index in [9.17, 15) is 14.4 Å². The molecule has 0 atom stereocenters. The smallest absolute Gasteiger partial charge is 0.295 e. The lowest BCUT2D eigenvalue weighted by molar-refractivity contribution is -0.127. The molecule has 0 spiro atoms. The van der Waals surface area contributed by atoms with Crippen LogP contribution >= 0.6 is 40.2 Å². The first-order chi connectivity index (χ1) is 14.4. The number of H-pyrrole nitrogens is 1. The molecule has 0 aliphatic carbocycles. The minimum atomic E-state index is -0.611. The number of hydrogen-bond acceptors (Lipinski definition) is 4. The maximum absolute atomic E-state index is 12.8. The van der Waals surface area contributed by atoms with Crippen LogP contribution in [0.15, 0.2) is 52.0 Å². The fraction of sp³-hybridized carbons (Fsp3) is 0.190. The molecule has 1 aliphatic heterocycles. The molecular formula is C21H17BrClN3O3S. The van der Waals surface area contributed by atoms with E-state index in [2.05, 4.69) is 33.5 Å². The molecule has 2 heterocycles. The zero-order chi connectivity index (χ0) is 21.4. The molecule has 4 rings (SSSR count). The third kappa shape index (κ3) is 3.87. The van der Waals surface area contributed by atoms with Crippen molar-refractivity contribution in [2.24, 2.45) is 0 Å². The predicted molar refractivity (Wildman–Crippen MR) is 122 cm³/mol. The first-order valence-electron chi connectivity index (χ1n) is 9.24. The number of aromatic nitrogens is 1. The van der Waals surface area contributed by atoms with Gasteiger partial charge in [-0.1, -0.05) is 33.6 Å². The van der Waals surface area contributed by atoms with Gasteiger partial charge in [-0.3, -0.25) is 14.4 Å². The van der Waals surface area contributed by atoms with Crippen molar-refractivity contribution in [2.45, 2.75) is 4.90 Å². The fourth-order valence-corrected chi connectivity index (χ4v) is 4.67. The van der Waals surface area contributed by atoms with Gasteiger partial charge < -0.3 is 14.8 Å². The molecule has 2 aromatic carbocycles. The number of piperazine rings is 1. The molecule has 1 aliphatic rings. The number of rotatable bonds is 3. The van der Waals surface area contributed by atoms with Gasteiger partial charge in [0.25, 0.3) is 17.6 Å². The highest BCUT2D eigenvalue weighted by Crippen LogP contribution is 2.27. The van der Waals surface area contributed by atoms with Gasteiger partial charge >= 0.3 is 0 Å². The van der Waals surface area contributed by atoms with Crippen molar-refractivity contribution in [3.8, 4) is 0 Å². The Hall–Kier alpha value is -2.29. The van der Waals surface area contributed by atoms with Gasteiger partial charge in [-0.15, -0.1) is 12.6 Å². The number of ketones is 1. The Bertz CT molecular complexity index is 1170. The standard InChI is InChI=1S/C21H17BrClN3O3S/c22-12-4-5-13(17(30)10-12)20(28)25-6-8-26(9-7-25)21(29)19(27)14-11-24-16-3-1-2-15(23)18(14)16/h1-5,10-11,24,30H,6-9H2. The summed E-state index contributed by atoms with van der Waals surface area (Å²) in [5.74, 6) is -1.35. The summed E-state index contributed by atoms with van der Waals surface area (Å²) < 4.78 is 0.843. The fourth-order valence-electron chi connectivity index (χ4n) is 3.55. The second kappa shape index (κ2) is 8.45. The third-order valence-electron chi connectivity index (χ3n) is 5.14. The first-order valence-corrected chi connectivity index (χ1v) is 10.9. The van der Waals surface area contributed by atoms with E-state index in [-0.39, 0.29) is 24.6 Å². The maximum Gasteiger partial charge on any atom is 0.295 e. The molecule has 1 fully saturated rings. The van der Waals surface area contributed by atoms with Gasteiger partial charge in [0, 0.05) is 52.6 Å². The molecule has 0 bridgehead atoms. The number of hydrogen-bond donors (Lipinski definition) is 2. The average Bonchev–Trinajstić information content (AvgIpc) is 3.18. The summed E-state index contributed by atoms with van der Waals surface area (Å²) >= 11 is 14.0. The molecule has 1 saturated heterocycles. The topological polar surface area (TPSA) is 73.5 Å². The zero-order valence-corrected chi connectivity index (χ0v) is 18.9. The summed E-state index contributed by atoms with van der Waals surface area (Å²) in [7, 11) is 0. The maximum atomic E-state index is 12.8. The number of benzene rings is 2. The van der Waals surface area contributed by atoms with Crippen LogP contribution in [0.5, 0.6) is 0 Å². The molecule has 154 valence electrons.